The van der Waals surface area contributed by atoms with Gasteiger partial charge in [-0.15, -0.1) is 35.3 Å². The van der Waals surface area contributed by atoms with Crippen LogP contribution >= 0.6 is 35.3 Å². The lowest BCUT2D eigenvalue weighted by Gasteiger charge is -2.18. The van der Waals surface area contributed by atoms with Gasteiger partial charge in [0.15, 0.2) is 5.96 Å². The third kappa shape index (κ3) is 11.6. The number of hydrogen-bond donors (Lipinski definition) is 2. The summed E-state index contributed by atoms with van der Waals surface area (Å²) in [4.78, 5) is 11.3. The molecule has 10 heteroatoms. The van der Waals surface area contributed by atoms with E-state index in [4.69, 9.17) is 0 Å². The standard InChI is InChI=1S/C15H26F3N5S.HI/c1-4-12-9-21-13(24-12)10-22-14(19-5-2)20-7-6-8-23(3)11-15(16,17)18;/h9H,4-8,10-11H2,1-3H3,(H2,19,20,22);1H. The van der Waals surface area contributed by atoms with Crippen molar-refractivity contribution >= 4 is 41.3 Å². The molecule has 0 aliphatic heterocycles. The van der Waals surface area contributed by atoms with Crippen LogP contribution in [-0.4, -0.2) is 55.2 Å². The van der Waals surface area contributed by atoms with Crippen LogP contribution < -0.4 is 10.6 Å². The highest BCUT2D eigenvalue weighted by Gasteiger charge is 2.28. The van der Waals surface area contributed by atoms with E-state index in [2.05, 4.69) is 27.5 Å². The highest BCUT2D eigenvalue weighted by molar-refractivity contribution is 14.0. The van der Waals surface area contributed by atoms with Crippen molar-refractivity contribution in [2.24, 2.45) is 4.99 Å². The first-order valence-electron chi connectivity index (χ1n) is 8.05. The van der Waals surface area contributed by atoms with Crippen molar-refractivity contribution in [2.45, 2.75) is 39.4 Å². The fourth-order valence-corrected chi connectivity index (χ4v) is 2.80. The van der Waals surface area contributed by atoms with Crippen LogP contribution in [0.25, 0.3) is 0 Å². The van der Waals surface area contributed by atoms with Crippen LogP contribution in [0.4, 0.5) is 13.2 Å². The van der Waals surface area contributed by atoms with Crippen molar-refractivity contribution in [3.05, 3.63) is 16.1 Å². The van der Waals surface area contributed by atoms with Gasteiger partial charge in [0.1, 0.15) is 5.01 Å². The van der Waals surface area contributed by atoms with Crippen molar-refractivity contribution in [1.29, 1.82) is 0 Å². The van der Waals surface area contributed by atoms with Gasteiger partial charge in [-0.05, 0) is 33.4 Å². The number of nitrogens with zero attached hydrogens (tertiary/aromatic N) is 3. The number of halogens is 4. The molecule has 0 atom stereocenters. The Morgan fingerprint density at radius 1 is 1.32 bits per heavy atom. The zero-order valence-corrected chi connectivity index (χ0v) is 18.0. The molecule has 0 saturated carbocycles. The number of aliphatic imine (C=N–C) groups is 1. The van der Waals surface area contributed by atoms with Crippen LogP contribution in [-0.2, 0) is 13.0 Å². The summed E-state index contributed by atoms with van der Waals surface area (Å²) in [6, 6.07) is 0. The van der Waals surface area contributed by atoms with E-state index < -0.39 is 12.7 Å². The van der Waals surface area contributed by atoms with E-state index in [9.17, 15) is 13.2 Å². The Hall–Kier alpha value is -0.620. The quantitative estimate of drug-likeness (QED) is 0.240. The van der Waals surface area contributed by atoms with Crippen molar-refractivity contribution in [2.75, 3.05) is 33.2 Å². The molecular formula is C15H27F3IN5S. The fraction of sp³-hybridized carbons (Fsp3) is 0.733. The second-order valence-corrected chi connectivity index (χ2v) is 6.60. The number of hydrogen-bond acceptors (Lipinski definition) is 4. The number of thiazole rings is 1. The molecule has 0 bridgehead atoms. The van der Waals surface area contributed by atoms with Gasteiger partial charge in [0.05, 0.1) is 13.1 Å². The summed E-state index contributed by atoms with van der Waals surface area (Å²) in [7, 11) is 1.47. The SMILES string of the molecule is CCNC(=NCc1ncc(CC)s1)NCCCN(C)CC(F)(F)F.I. The van der Waals surface area contributed by atoms with Gasteiger partial charge in [-0.1, -0.05) is 6.92 Å². The average Bonchev–Trinajstić information content (AvgIpc) is 2.95. The van der Waals surface area contributed by atoms with Crippen LogP contribution in [0.5, 0.6) is 0 Å². The molecule has 0 aliphatic carbocycles. The Balaban J connectivity index is 0.00000576. The first kappa shape index (κ1) is 24.4. The number of aryl methyl sites for hydroxylation is 1. The van der Waals surface area contributed by atoms with E-state index in [1.165, 1.54) is 16.8 Å². The maximum absolute atomic E-state index is 12.2. The minimum absolute atomic E-state index is 0. The molecule has 0 radical (unpaired) electrons. The molecule has 1 rings (SSSR count). The van der Waals surface area contributed by atoms with Crippen molar-refractivity contribution < 1.29 is 13.2 Å². The molecule has 1 aromatic rings. The number of nitrogens with one attached hydrogen (secondary N) is 2. The van der Waals surface area contributed by atoms with Gasteiger partial charge in [0.2, 0.25) is 0 Å². The Kier molecular flexibility index (Phi) is 12.4. The smallest absolute Gasteiger partial charge is 0.357 e. The Morgan fingerprint density at radius 3 is 2.60 bits per heavy atom. The molecule has 2 N–H and O–H groups in total. The third-order valence-electron chi connectivity index (χ3n) is 3.12. The monoisotopic (exact) mass is 493 g/mol. The lowest BCUT2D eigenvalue weighted by molar-refractivity contribution is -0.143. The van der Waals surface area contributed by atoms with E-state index >= 15 is 0 Å². The molecule has 0 fully saturated rings. The van der Waals surface area contributed by atoms with Crippen molar-refractivity contribution in [3.63, 3.8) is 0 Å². The molecular weight excluding hydrogens is 466 g/mol. The van der Waals surface area contributed by atoms with E-state index in [0.717, 1.165) is 18.0 Å². The summed E-state index contributed by atoms with van der Waals surface area (Å²) in [5.74, 6) is 0.657. The summed E-state index contributed by atoms with van der Waals surface area (Å²) < 4.78 is 36.7. The first-order chi connectivity index (χ1) is 11.3. The minimum Gasteiger partial charge on any atom is -0.357 e. The molecule has 146 valence electrons. The second kappa shape index (κ2) is 12.7. The predicted octanol–water partition coefficient (Wildman–Crippen LogP) is 3.26. The van der Waals surface area contributed by atoms with Crippen LogP contribution in [0.2, 0.25) is 0 Å². The lowest BCUT2D eigenvalue weighted by Crippen LogP contribution is -2.39. The number of alkyl halides is 3. The molecule has 0 saturated heterocycles. The summed E-state index contributed by atoms with van der Waals surface area (Å²) in [6.07, 6.45) is -0.713. The second-order valence-electron chi connectivity index (χ2n) is 5.40. The zero-order valence-electron chi connectivity index (χ0n) is 14.8. The summed E-state index contributed by atoms with van der Waals surface area (Å²) in [5, 5.41) is 7.21. The lowest BCUT2D eigenvalue weighted by atomic mass is 10.4. The Labute approximate surface area is 168 Å². The zero-order chi connectivity index (χ0) is 18.0. The fourth-order valence-electron chi connectivity index (χ4n) is 2.01. The van der Waals surface area contributed by atoms with E-state index in [0.29, 0.717) is 32.0 Å². The van der Waals surface area contributed by atoms with Crippen LogP contribution in [0.3, 0.4) is 0 Å². The molecule has 25 heavy (non-hydrogen) atoms. The maximum Gasteiger partial charge on any atom is 0.401 e. The number of aromatic nitrogens is 1. The number of rotatable bonds is 9. The minimum atomic E-state index is -4.15. The van der Waals surface area contributed by atoms with Gasteiger partial charge in [-0.2, -0.15) is 13.2 Å². The Bertz CT molecular complexity index is 508. The van der Waals surface area contributed by atoms with Crippen LogP contribution in [0.15, 0.2) is 11.2 Å². The summed E-state index contributed by atoms with van der Waals surface area (Å²) in [6.45, 7) is 5.32. The molecule has 1 heterocycles. The highest BCUT2D eigenvalue weighted by Crippen LogP contribution is 2.15. The Morgan fingerprint density at radius 2 is 2.04 bits per heavy atom. The normalized spacial score (nSPS) is 12.2. The topological polar surface area (TPSA) is 52.6 Å². The van der Waals surface area contributed by atoms with Gasteiger partial charge >= 0.3 is 6.18 Å². The van der Waals surface area contributed by atoms with Gasteiger partial charge in [0, 0.05) is 24.2 Å². The summed E-state index contributed by atoms with van der Waals surface area (Å²) in [5.41, 5.74) is 0. The van der Waals surface area contributed by atoms with E-state index in [-0.39, 0.29) is 24.0 Å². The summed E-state index contributed by atoms with van der Waals surface area (Å²) >= 11 is 1.64. The third-order valence-corrected chi connectivity index (χ3v) is 4.25. The molecule has 0 aromatic carbocycles. The van der Waals surface area contributed by atoms with Crippen LogP contribution in [0, 0.1) is 0 Å². The van der Waals surface area contributed by atoms with E-state index in [1.54, 1.807) is 11.3 Å². The molecule has 1 aromatic heterocycles. The maximum atomic E-state index is 12.2. The van der Waals surface area contributed by atoms with Gasteiger partial charge < -0.3 is 10.6 Å². The van der Waals surface area contributed by atoms with Crippen molar-refractivity contribution in [3.8, 4) is 0 Å². The molecule has 0 amide bonds. The van der Waals surface area contributed by atoms with Gasteiger partial charge in [0.25, 0.3) is 0 Å². The molecule has 0 spiro atoms. The van der Waals surface area contributed by atoms with Gasteiger partial charge in [-0.3, -0.25) is 4.90 Å². The molecule has 0 unspecified atom stereocenters. The van der Waals surface area contributed by atoms with E-state index in [1.807, 2.05) is 13.1 Å². The predicted molar refractivity (Wildman–Crippen MR) is 108 cm³/mol. The van der Waals surface area contributed by atoms with Crippen molar-refractivity contribution in [1.82, 2.24) is 20.5 Å². The first-order valence-corrected chi connectivity index (χ1v) is 8.86. The largest absolute Gasteiger partial charge is 0.401 e. The number of guanidine groups is 1. The average molecular weight is 493 g/mol. The van der Waals surface area contributed by atoms with Crippen LogP contribution in [0.1, 0.15) is 30.2 Å². The highest BCUT2D eigenvalue weighted by atomic mass is 127. The molecule has 5 nitrogen and oxygen atoms in total. The molecule has 0 aliphatic rings. The van der Waals surface area contributed by atoms with Gasteiger partial charge in [-0.25, -0.2) is 9.98 Å².